The van der Waals surface area contributed by atoms with E-state index in [0.29, 0.717) is 33.8 Å². The molecule has 17 heteroatoms. The van der Waals surface area contributed by atoms with E-state index in [9.17, 15) is 44.4 Å². The van der Waals surface area contributed by atoms with Crippen LogP contribution in [-0.2, 0) is 30.5 Å². The van der Waals surface area contributed by atoms with Gasteiger partial charge in [0.1, 0.15) is 12.4 Å². The topological polar surface area (TPSA) is 215 Å². The number of benzene rings is 3. The SMILES string of the molecule is CC(C)c1c(C(=O)Nc2ccccc2)c(-c2ccccc2)c(-c2ccc(F)cc2)n1CC[C@@H](O)C[C@@H](O)CC(=O)OCCCOC[C@H](CO[N+](=O)[O-])O[N+](=O)[O-]. The Kier molecular flexibility index (Phi) is 16.3. The van der Waals surface area contributed by atoms with Crippen molar-refractivity contribution < 1.29 is 53.5 Å². The summed E-state index contributed by atoms with van der Waals surface area (Å²) in [5.74, 6) is -1.67. The van der Waals surface area contributed by atoms with Crippen molar-refractivity contribution in [1.82, 2.24) is 4.57 Å². The molecule has 0 unspecified atom stereocenters. The molecule has 0 bridgehead atoms. The van der Waals surface area contributed by atoms with Gasteiger partial charge in [-0.25, -0.2) is 4.39 Å². The molecule has 0 saturated carbocycles. The summed E-state index contributed by atoms with van der Waals surface area (Å²) in [7, 11) is 0. The van der Waals surface area contributed by atoms with Gasteiger partial charge in [-0.15, -0.1) is 20.2 Å². The van der Waals surface area contributed by atoms with Gasteiger partial charge >= 0.3 is 5.97 Å². The van der Waals surface area contributed by atoms with Gasteiger partial charge in [0.15, 0.2) is 6.10 Å². The summed E-state index contributed by atoms with van der Waals surface area (Å²) in [5.41, 5.74) is 4.46. The fraction of sp³-hybridized carbons (Fsp3) is 0.385. The molecule has 3 atom stereocenters. The molecule has 4 aromatic rings. The number of para-hydroxylation sites is 1. The maximum absolute atomic E-state index is 14.2. The number of aliphatic hydroxyl groups is 2. The minimum Gasteiger partial charge on any atom is -0.466 e. The Hall–Kier alpha value is -5.91. The van der Waals surface area contributed by atoms with Crippen LogP contribution in [-0.4, -0.2) is 81.6 Å². The van der Waals surface area contributed by atoms with E-state index in [0.717, 1.165) is 5.56 Å². The molecule has 3 aromatic carbocycles. The zero-order chi connectivity index (χ0) is 40.6. The van der Waals surface area contributed by atoms with Gasteiger partial charge in [-0.1, -0.05) is 62.4 Å². The highest BCUT2D eigenvalue weighted by Gasteiger charge is 2.31. The van der Waals surface area contributed by atoms with Gasteiger partial charge in [-0.2, -0.15) is 0 Å². The molecule has 1 amide bonds. The smallest absolute Gasteiger partial charge is 0.308 e. The van der Waals surface area contributed by atoms with Crippen LogP contribution in [0.1, 0.15) is 61.5 Å². The van der Waals surface area contributed by atoms with E-state index in [1.165, 1.54) is 12.1 Å². The van der Waals surface area contributed by atoms with Gasteiger partial charge in [0.05, 0.1) is 43.1 Å². The normalized spacial score (nSPS) is 12.8. The predicted molar refractivity (Wildman–Crippen MR) is 201 cm³/mol. The fourth-order valence-corrected chi connectivity index (χ4v) is 6.19. The summed E-state index contributed by atoms with van der Waals surface area (Å²) in [4.78, 5) is 55.9. The summed E-state index contributed by atoms with van der Waals surface area (Å²) < 4.78 is 26.5. The average Bonchev–Trinajstić information content (AvgIpc) is 3.50. The molecule has 0 aliphatic heterocycles. The van der Waals surface area contributed by atoms with Crippen molar-refractivity contribution in [3.8, 4) is 22.4 Å². The highest BCUT2D eigenvalue weighted by molar-refractivity contribution is 6.12. The lowest BCUT2D eigenvalue weighted by Crippen LogP contribution is -2.29. The lowest BCUT2D eigenvalue weighted by Gasteiger charge is -2.20. The van der Waals surface area contributed by atoms with Gasteiger partial charge in [-0.05, 0) is 66.3 Å². The quantitative estimate of drug-likeness (QED) is 0.0344. The van der Waals surface area contributed by atoms with E-state index in [1.54, 1.807) is 24.3 Å². The Morgan fingerprint density at radius 3 is 2.14 bits per heavy atom. The second-order valence-corrected chi connectivity index (χ2v) is 13.1. The van der Waals surface area contributed by atoms with Gasteiger partial charge in [0.25, 0.3) is 16.1 Å². The molecule has 16 nitrogen and oxygen atoms in total. The van der Waals surface area contributed by atoms with Crippen molar-refractivity contribution in [1.29, 1.82) is 0 Å². The van der Waals surface area contributed by atoms with E-state index in [4.69, 9.17) is 9.47 Å². The first-order valence-corrected chi connectivity index (χ1v) is 18.0. The molecule has 0 fully saturated rings. The molecule has 0 aliphatic rings. The predicted octanol–water partition coefficient (Wildman–Crippen LogP) is 5.96. The molecule has 3 N–H and O–H groups in total. The monoisotopic (exact) mass is 780 g/mol. The van der Waals surface area contributed by atoms with Crippen LogP contribution in [0.25, 0.3) is 22.4 Å². The molecule has 1 aromatic heterocycles. The summed E-state index contributed by atoms with van der Waals surface area (Å²) in [5, 5.41) is 43.4. The number of hydrogen-bond donors (Lipinski definition) is 3. The molecule has 0 radical (unpaired) electrons. The van der Waals surface area contributed by atoms with E-state index in [1.807, 2.05) is 66.9 Å². The lowest BCUT2D eigenvalue weighted by molar-refractivity contribution is -0.790. The number of aliphatic hydroxyl groups excluding tert-OH is 2. The van der Waals surface area contributed by atoms with E-state index in [2.05, 4.69) is 15.0 Å². The standard InChI is InChI=1S/C39H45FN4O12/c1-26(2)37-36(39(48)41-30-12-7-4-8-13-30)35(27-10-5-3-6-11-27)38(28-14-16-29(40)17-15-28)42(37)19-18-31(45)22-32(46)23-34(47)54-21-9-20-53-24-33(56-44(51)52)25-55-43(49)50/h3-8,10-17,26,31-33,45-46H,9,18-25H2,1-2H3,(H,41,48)/t31-,32-,33-/m1/s1. The summed E-state index contributed by atoms with van der Waals surface area (Å²) >= 11 is 0. The van der Waals surface area contributed by atoms with Crippen molar-refractivity contribution in [3.63, 3.8) is 0 Å². The molecular weight excluding hydrogens is 735 g/mol. The number of ether oxygens (including phenoxy) is 2. The van der Waals surface area contributed by atoms with Gasteiger partial charge in [-0.3, -0.25) is 9.59 Å². The Morgan fingerprint density at radius 2 is 1.52 bits per heavy atom. The highest BCUT2D eigenvalue weighted by Crippen LogP contribution is 2.42. The van der Waals surface area contributed by atoms with Crippen molar-refractivity contribution in [2.45, 2.75) is 70.3 Å². The van der Waals surface area contributed by atoms with Gasteiger partial charge in [0.2, 0.25) is 0 Å². The third-order valence-corrected chi connectivity index (χ3v) is 8.52. The third-order valence-electron chi connectivity index (χ3n) is 8.52. The maximum atomic E-state index is 14.2. The zero-order valence-electron chi connectivity index (χ0n) is 31.0. The van der Waals surface area contributed by atoms with Gasteiger partial charge in [0, 0.05) is 36.5 Å². The van der Waals surface area contributed by atoms with Crippen LogP contribution in [0.4, 0.5) is 10.1 Å². The first-order valence-electron chi connectivity index (χ1n) is 18.0. The van der Waals surface area contributed by atoms with Crippen molar-refractivity contribution in [2.24, 2.45) is 0 Å². The number of nitrogens with one attached hydrogen (secondary N) is 1. The van der Waals surface area contributed by atoms with Gasteiger partial charge < -0.3 is 39.2 Å². The van der Waals surface area contributed by atoms with Crippen LogP contribution in [0.5, 0.6) is 0 Å². The first kappa shape index (κ1) is 42.8. The Balaban J connectivity index is 1.44. The minimum absolute atomic E-state index is 0.0239. The number of amides is 1. The Labute approximate surface area is 322 Å². The number of halogens is 1. The van der Waals surface area contributed by atoms with Crippen LogP contribution in [0.2, 0.25) is 0 Å². The Morgan fingerprint density at radius 1 is 0.857 bits per heavy atom. The third kappa shape index (κ3) is 12.9. The van der Waals surface area contributed by atoms with E-state index in [-0.39, 0.29) is 57.5 Å². The lowest BCUT2D eigenvalue weighted by atomic mass is 9.94. The number of nitrogens with zero attached hydrogens (tertiary/aromatic N) is 3. The van der Waals surface area contributed by atoms with Crippen LogP contribution in [0.15, 0.2) is 84.9 Å². The van der Waals surface area contributed by atoms with Crippen LogP contribution < -0.4 is 5.32 Å². The number of rotatable bonds is 23. The first-order chi connectivity index (χ1) is 26.8. The van der Waals surface area contributed by atoms with Crippen LogP contribution in [0, 0.1) is 26.0 Å². The molecule has 300 valence electrons. The molecular formula is C39H45FN4O12. The number of anilines is 1. The van der Waals surface area contributed by atoms with E-state index >= 15 is 0 Å². The average molecular weight is 781 g/mol. The Bertz CT molecular complexity index is 1890. The highest BCUT2D eigenvalue weighted by atomic mass is 19.1. The van der Waals surface area contributed by atoms with Crippen molar-refractivity contribution in [3.05, 3.63) is 122 Å². The number of carbonyl (C=O) groups is 2. The maximum Gasteiger partial charge on any atom is 0.308 e. The fourth-order valence-electron chi connectivity index (χ4n) is 6.19. The number of esters is 1. The van der Waals surface area contributed by atoms with Crippen molar-refractivity contribution >= 4 is 17.6 Å². The second-order valence-electron chi connectivity index (χ2n) is 13.1. The number of hydrogen-bond acceptors (Lipinski definition) is 12. The second kappa shape index (κ2) is 21.3. The van der Waals surface area contributed by atoms with Crippen LogP contribution in [0.3, 0.4) is 0 Å². The molecule has 4 rings (SSSR count). The molecule has 0 aliphatic carbocycles. The van der Waals surface area contributed by atoms with Crippen molar-refractivity contribution in [2.75, 3.05) is 31.7 Å². The summed E-state index contributed by atoms with van der Waals surface area (Å²) in [6.07, 6.45) is -3.90. The van der Waals surface area contributed by atoms with E-state index < -0.39 is 53.3 Å². The minimum atomic E-state index is -1.34. The molecule has 0 saturated heterocycles. The largest absolute Gasteiger partial charge is 0.466 e. The summed E-state index contributed by atoms with van der Waals surface area (Å²) in [6, 6.07) is 24.4. The number of carbonyl (C=O) groups excluding carboxylic acids is 2. The van der Waals surface area contributed by atoms with Crippen LogP contribution >= 0.6 is 0 Å². The number of aromatic nitrogens is 1. The molecule has 0 spiro atoms. The molecule has 1 heterocycles. The molecule has 56 heavy (non-hydrogen) atoms. The zero-order valence-corrected chi connectivity index (χ0v) is 31.0. The summed E-state index contributed by atoms with van der Waals surface area (Å²) in [6.45, 7) is 2.90.